The summed E-state index contributed by atoms with van der Waals surface area (Å²) in [6.07, 6.45) is 1.65. The van der Waals surface area contributed by atoms with Crippen LogP contribution in [0, 0.1) is 0 Å². The van der Waals surface area contributed by atoms with E-state index in [-0.39, 0.29) is 0 Å². The van der Waals surface area contributed by atoms with Crippen molar-refractivity contribution in [3.8, 4) is 0 Å². The highest BCUT2D eigenvalue weighted by atomic mass is 16.5. The monoisotopic (exact) mass is 198 g/mol. The van der Waals surface area contributed by atoms with E-state index in [1.165, 1.54) is 13.0 Å². The molecule has 0 aromatic rings. The summed E-state index contributed by atoms with van der Waals surface area (Å²) >= 11 is 0. The minimum Gasteiger partial charge on any atom is -0.377 e. The van der Waals surface area contributed by atoms with Crippen LogP contribution in [-0.4, -0.2) is 48.8 Å². The second-order valence-corrected chi connectivity index (χ2v) is 4.75. The molecule has 3 nitrogen and oxygen atoms in total. The maximum Gasteiger partial charge on any atom is 0.0755 e. The smallest absolute Gasteiger partial charge is 0.0755 e. The molecule has 3 heteroatoms. The molecule has 0 radical (unpaired) electrons. The first kappa shape index (κ1) is 10.4. The molecule has 0 amide bonds. The lowest BCUT2D eigenvalue weighted by molar-refractivity contribution is 0.0447. The van der Waals surface area contributed by atoms with Crippen LogP contribution in [0.2, 0.25) is 0 Å². The number of hydrogen-bond donors (Lipinski definition) is 1. The van der Waals surface area contributed by atoms with Crippen molar-refractivity contribution < 1.29 is 4.74 Å². The molecule has 0 aromatic carbocycles. The average molecular weight is 198 g/mol. The van der Waals surface area contributed by atoms with Crippen molar-refractivity contribution in [2.24, 2.45) is 0 Å². The number of piperazine rings is 1. The first-order valence-corrected chi connectivity index (χ1v) is 5.82. The molecule has 2 aliphatic rings. The van der Waals surface area contributed by atoms with Crippen molar-refractivity contribution in [3.63, 3.8) is 0 Å². The fourth-order valence-corrected chi connectivity index (χ4v) is 2.65. The Hall–Kier alpha value is -0.120. The molecule has 3 atom stereocenters. The van der Waals surface area contributed by atoms with Crippen LogP contribution in [0.3, 0.4) is 0 Å². The topological polar surface area (TPSA) is 24.5 Å². The Balaban J connectivity index is 1.94. The first-order valence-electron chi connectivity index (χ1n) is 5.82. The van der Waals surface area contributed by atoms with E-state index in [9.17, 15) is 0 Å². The van der Waals surface area contributed by atoms with E-state index in [1.54, 1.807) is 0 Å². The Kier molecular flexibility index (Phi) is 3.10. The Labute approximate surface area is 86.8 Å². The van der Waals surface area contributed by atoms with Gasteiger partial charge in [0.15, 0.2) is 0 Å². The van der Waals surface area contributed by atoms with Gasteiger partial charge in [-0.05, 0) is 27.2 Å². The third-order valence-electron chi connectivity index (χ3n) is 3.41. The molecule has 2 aliphatic heterocycles. The van der Waals surface area contributed by atoms with Gasteiger partial charge in [0.2, 0.25) is 0 Å². The summed E-state index contributed by atoms with van der Waals surface area (Å²) in [5.41, 5.74) is 0. The standard InChI is InChI=1S/C11H22N2O/c1-4-14-11-5-9-6-13(8(2)3)7-10(11)12-9/h8-12H,4-7H2,1-3H3/t9-,10-,11+/m1/s1. The maximum absolute atomic E-state index is 5.76. The van der Waals surface area contributed by atoms with Crippen molar-refractivity contribution in [2.75, 3.05) is 19.7 Å². The number of rotatable bonds is 3. The van der Waals surface area contributed by atoms with Gasteiger partial charge in [0.1, 0.15) is 0 Å². The Morgan fingerprint density at radius 1 is 1.43 bits per heavy atom. The summed E-state index contributed by atoms with van der Waals surface area (Å²) in [7, 11) is 0. The van der Waals surface area contributed by atoms with E-state index in [1.807, 2.05) is 0 Å². The van der Waals surface area contributed by atoms with Crippen LogP contribution >= 0.6 is 0 Å². The van der Waals surface area contributed by atoms with Crippen LogP contribution in [0.4, 0.5) is 0 Å². The van der Waals surface area contributed by atoms with Gasteiger partial charge < -0.3 is 10.1 Å². The summed E-state index contributed by atoms with van der Waals surface area (Å²) < 4.78 is 5.76. The molecule has 0 aliphatic carbocycles. The van der Waals surface area contributed by atoms with Crippen LogP contribution in [0.25, 0.3) is 0 Å². The van der Waals surface area contributed by atoms with E-state index < -0.39 is 0 Å². The molecular formula is C11H22N2O. The molecule has 0 unspecified atom stereocenters. The molecule has 2 bridgehead atoms. The normalized spacial score (nSPS) is 38.1. The first-order chi connectivity index (χ1) is 6.70. The predicted octanol–water partition coefficient (Wildman–Crippen LogP) is 0.846. The van der Waals surface area contributed by atoms with Crippen LogP contribution in [0.15, 0.2) is 0 Å². The van der Waals surface area contributed by atoms with Gasteiger partial charge in [-0.3, -0.25) is 4.90 Å². The zero-order valence-electron chi connectivity index (χ0n) is 9.49. The molecule has 0 spiro atoms. The van der Waals surface area contributed by atoms with Crippen LogP contribution in [-0.2, 0) is 4.74 Å². The van der Waals surface area contributed by atoms with Gasteiger partial charge >= 0.3 is 0 Å². The van der Waals surface area contributed by atoms with Crippen LogP contribution < -0.4 is 5.32 Å². The van der Waals surface area contributed by atoms with Gasteiger partial charge in [0.05, 0.1) is 6.10 Å². The largest absolute Gasteiger partial charge is 0.377 e. The third-order valence-corrected chi connectivity index (χ3v) is 3.41. The van der Waals surface area contributed by atoms with Crippen LogP contribution in [0.1, 0.15) is 27.2 Å². The summed E-state index contributed by atoms with van der Waals surface area (Å²) in [6, 6.07) is 1.89. The Morgan fingerprint density at radius 3 is 2.86 bits per heavy atom. The maximum atomic E-state index is 5.76. The summed E-state index contributed by atoms with van der Waals surface area (Å²) in [5.74, 6) is 0. The molecule has 2 heterocycles. The minimum atomic E-state index is 0.453. The molecule has 2 rings (SSSR count). The molecule has 0 aromatic heterocycles. The fourth-order valence-electron chi connectivity index (χ4n) is 2.65. The van der Waals surface area contributed by atoms with Crippen molar-refractivity contribution in [3.05, 3.63) is 0 Å². The lowest BCUT2D eigenvalue weighted by Crippen LogP contribution is -2.54. The highest BCUT2D eigenvalue weighted by Crippen LogP contribution is 2.24. The lowest BCUT2D eigenvalue weighted by Gasteiger charge is -2.36. The van der Waals surface area contributed by atoms with Crippen molar-refractivity contribution >= 4 is 0 Å². The van der Waals surface area contributed by atoms with Gasteiger partial charge in [-0.25, -0.2) is 0 Å². The van der Waals surface area contributed by atoms with Crippen molar-refractivity contribution in [1.29, 1.82) is 0 Å². The second-order valence-electron chi connectivity index (χ2n) is 4.75. The number of ether oxygens (including phenoxy) is 1. The second kappa shape index (κ2) is 4.17. The van der Waals surface area contributed by atoms with E-state index in [0.29, 0.717) is 24.2 Å². The highest BCUT2D eigenvalue weighted by molar-refractivity contribution is 4.99. The Bertz CT molecular complexity index is 196. The number of nitrogens with zero attached hydrogens (tertiary/aromatic N) is 1. The SMILES string of the molecule is CCO[C@H]1C[C@@H]2CN(C(C)C)C[C@H]1N2. The number of hydrogen-bond acceptors (Lipinski definition) is 3. The van der Waals surface area contributed by atoms with Crippen LogP contribution in [0.5, 0.6) is 0 Å². The van der Waals surface area contributed by atoms with Gasteiger partial charge in [-0.1, -0.05) is 0 Å². The average Bonchev–Trinajstić information content (AvgIpc) is 2.42. The minimum absolute atomic E-state index is 0.453. The Morgan fingerprint density at radius 2 is 2.21 bits per heavy atom. The molecular weight excluding hydrogens is 176 g/mol. The number of likely N-dealkylation sites (tertiary alicyclic amines) is 1. The molecule has 14 heavy (non-hydrogen) atoms. The van der Waals surface area contributed by atoms with Gasteiger partial charge in [-0.2, -0.15) is 0 Å². The predicted molar refractivity (Wildman–Crippen MR) is 57.5 cm³/mol. The van der Waals surface area contributed by atoms with E-state index in [0.717, 1.165) is 13.2 Å². The zero-order valence-corrected chi connectivity index (χ0v) is 9.49. The fraction of sp³-hybridized carbons (Fsp3) is 1.00. The van der Waals surface area contributed by atoms with E-state index in [4.69, 9.17) is 4.74 Å². The molecule has 0 saturated carbocycles. The molecule has 1 N–H and O–H groups in total. The number of fused-ring (bicyclic) bond motifs is 2. The highest BCUT2D eigenvalue weighted by Gasteiger charge is 2.40. The van der Waals surface area contributed by atoms with E-state index >= 15 is 0 Å². The van der Waals surface area contributed by atoms with E-state index in [2.05, 4.69) is 31.0 Å². The third kappa shape index (κ3) is 1.95. The summed E-state index contributed by atoms with van der Waals surface area (Å²) in [4.78, 5) is 2.56. The van der Waals surface area contributed by atoms with Crippen molar-refractivity contribution in [1.82, 2.24) is 10.2 Å². The van der Waals surface area contributed by atoms with Gasteiger partial charge in [-0.15, -0.1) is 0 Å². The van der Waals surface area contributed by atoms with Gasteiger partial charge in [0.25, 0.3) is 0 Å². The quantitative estimate of drug-likeness (QED) is 0.727. The summed E-state index contributed by atoms with van der Waals surface area (Å²) in [6.45, 7) is 9.83. The molecule has 82 valence electrons. The number of nitrogens with one attached hydrogen (secondary N) is 1. The van der Waals surface area contributed by atoms with Gasteiger partial charge in [0, 0.05) is 37.8 Å². The molecule has 2 saturated heterocycles. The molecule has 2 fully saturated rings. The lowest BCUT2D eigenvalue weighted by atomic mass is 10.1. The van der Waals surface area contributed by atoms with Crippen molar-refractivity contribution in [2.45, 2.75) is 51.4 Å². The summed E-state index contributed by atoms with van der Waals surface area (Å²) in [5, 5.41) is 3.64. The zero-order chi connectivity index (χ0) is 10.1.